The number of aliphatic hydroxyl groups is 1. The van der Waals surface area contributed by atoms with Gasteiger partial charge in [0, 0.05) is 6.42 Å². The average molecular weight is 923 g/mol. The van der Waals surface area contributed by atoms with Gasteiger partial charge in [-0.05, 0) is 57.8 Å². The number of aliphatic hydroxyl groups excluding tert-OH is 1. The first-order valence-electron chi connectivity index (χ1n) is 27.4. The highest BCUT2D eigenvalue weighted by molar-refractivity contribution is 7.45. The number of quaternary nitrogens is 1. The maximum absolute atomic E-state index is 12.9. The van der Waals surface area contributed by atoms with Crippen molar-refractivity contribution >= 4 is 13.7 Å². The number of allylic oxidation sites excluding steroid dienone is 5. The summed E-state index contributed by atoms with van der Waals surface area (Å²) in [5, 5.41) is 13.8. The minimum atomic E-state index is -4.60. The van der Waals surface area contributed by atoms with Crippen LogP contribution in [0, 0.1) is 0 Å². The molecule has 0 rings (SSSR count). The van der Waals surface area contributed by atoms with Gasteiger partial charge in [-0.3, -0.25) is 9.36 Å². The summed E-state index contributed by atoms with van der Waals surface area (Å²) in [4.78, 5) is 25.4. The predicted octanol–water partition coefficient (Wildman–Crippen LogP) is 15.6. The molecule has 0 aromatic heterocycles. The Labute approximate surface area is 397 Å². The molecule has 0 fully saturated rings. The molecule has 0 aliphatic carbocycles. The Hall–Kier alpha value is -1.28. The number of carbonyl (C=O) groups is 1. The van der Waals surface area contributed by atoms with Gasteiger partial charge in [-0.1, -0.05) is 230 Å². The molecular weight excluding hydrogens is 816 g/mol. The summed E-state index contributed by atoms with van der Waals surface area (Å²) in [7, 11) is 1.25. The van der Waals surface area contributed by atoms with Crippen molar-refractivity contribution in [2.75, 3.05) is 40.9 Å². The lowest BCUT2D eigenvalue weighted by Crippen LogP contribution is -2.45. The van der Waals surface area contributed by atoms with E-state index in [4.69, 9.17) is 9.05 Å². The molecule has 0 saturated heterocycles. The minimum Gasteiger partial charge on any atom is -0.756 e. The number of unbranched alkanes of at least 4 members (excludes halogenated alkanes) is 33. The lowest BCUT2D eigenvalue weighted by molar-refractivity contribution is -0.870. The predicted molar refractivity (Wildman–Crippen MR) is 275 cm³/mol. The van der Waals surface area contributed by atoms with E-state index in [0.717, 1.165) is 38.5 Å². The summed E-state index contributed by atoms with van der Waals surface area (Å²) in [5.74, 6) is -0.207. The molecule has 3 atom stereocenters. The summed E-state index contributed by atoms with van der Waals surface area (Å²) in [6.45, 7) is 4.65. The largest absolute Gasteiger partial charge is 0.756 e. The molecule has 0 aliphatic rings. The Bertz CT molecular complexity index is 1140. The monoisotopic (exact) mass is 923 g/mol. The summed E-state index contributed by atoms with van der Waals surface area (Å²) in [6.07, 6.45) is 59.3. The first kappa shape index (κ1) is 62.7. The smallest absolute Gasteiger partial charge is 0.268 e. The van der Waals surface area contributed by atoms with Crippen molar-refractivity contribution in [3.63, 3.8) is 0 Å². The molecule has 0 bridgehead atoms. The Kier molecular flexibility index (Phi) is 45.9. The molecule has 0 spiro atoms. The molecule has 0 aromatic rings. The van der Waals surface area contributed by atoms with Gasteiger partial charge in [-0.2, -0.15) is 0 Å². The van der Waals surface area contributed by atoms with Crippen LogP contribution in [0.2, 0.25) is 0 Å². The van der Waals surface area contributed by atoms with Crippen LogP contribution in [0.25, 0.3) is 0 Å². The third-order valence-electron chi connectivity index (χ3n) is 12.3. The van der Waals surface area contributed by atoms with E-state index in [-0.39, 0.29) is 12.5 Å². The van der Waals surface area contributed by atoms with E-state index in [2.05, 4.69) is 43.5 Å². The minimum absolute atomic E-state index is 0.00623. The van der Waals surface area contributed by atoms with Gasteiger partial charge in [-0.25, -0.2) is 0 Å². The molecule has 1 amide bonds. The lowest BCUT2D eigenvalue weighted by Gasteiger charge is -2.29. The number of nitrogens with zero attached hydrogens (tertiary/aromatic N) is 1. The highest BCUT2D eigenvalue weighted by Crippen LogP contribution is 2.38. The number of carbonyl (C=O) groups excluding carboxylic acids is 1. The van der Waals surface area contributed by atoms with E-state index in [1.54, 1.807) is 6.08 Å². The molecule has 0 aromatic carbocycles. The van der Waals surface area contributed by atoms with Crippen LogP contribution in [0.3, 0.4) is 0 Å². The van der Waals surface area contributed by atoms with Crippen LogP contribution in [0.1, 0.15) is 258 Å². The van der Waals surface area contributed by atoms with E-state index in [9.17, 15) is 19.4 Å². The fourth-order valence-electron chi connectivity index (χ4n) is 7.99. The van der Waals surface area contributed by atoms with Crippen molar-refractivity contribution in [3.8, 4) is 0 Å². The third kappa shape index (κ3) is 48.6. The quantitative estimate of drug-likeness (QED) is 0.0272. The Morgan fingerprint density at radius 1 is 0.531 bits per heavy atom. The second kappa shape index (κ2) is 46.8. The summed E-state index contributed by atoms with van der Waals surface area (Å²) in [6, 6.07) is -0.903. The normalized spacial score (nSPS) is 14.3. The molecule has 3 unspecified atom stereocenters. The molecule has 2 N–H and O–H groups in total. The van der Waals surface area contributed by atoms with Gasteiger partial charge >= 0.3 is 0 Å². The molecule has 0 radical (unpaired) electrons. The van der Waals surface area contributed by atoms with Gasteiger partial charge in [0.05, 0.1) is 39.9 Å². The van der Waals surface area contributed by atoms with Crippen molar-refractivity contribution in [1.29, 1.82) is 0 Å². The van der Waals surface area contributed by atoms with Crippen LogP contribution < -0.4 is 10.2 Å². The zero-order valence-corrected chi connectivity index (χ0v) is 43.9. The molecular formula is C55H107N2O6P. The van der Waals surface area contributed by atoms with Crippen molar-refractivity contribution in [2.24, 2.45) is 0 Å². The van der Waals surface area contributed by atoms with Gasteiger partial charge in [0.1, 0.15) is 13.2 Å². The summed E-state index contributed by atoms with van der Waals surface area (Å²) in [5.41, 5.74) is 0. The third-order valence-corrected chi connectivity index (χ3v) is 13.3. The summed E-state index contributed by atoms with van der Waals surface area (Å²) >= 11 is 0. The second-order valence-corrected chi connectivity index (χ2v) is 21.3. The van der Waals surface area contributed by atoms with E-state index in [1.807, 2.05) is 27.2 Å². The number of nitrogens with one attached hydrogen (secondary N) is 1. The molecule has 64 heavy (non-hydrogen) atoms. The average Bonchev–Trinajstić information content (AvgIpc) is 3.25. The number of likely N-dealkylation sites (N-methyl/N-ethyl adjacent to an activating group) is 1. The Morgan fingerprint density at radius 2 is 0.875 bits per heavy atom. The van der Waals surface area contributed by atoms with Crippen LogP contribution in [0.5, 0.6) is 0 Å². The van der Waals surface area contributed by atoms with Crippen molar-refractivity contribution in [1.82, 2.24) is 5.32 Å². The zero-order chi connectivity index (χ0) is 47.1. The standard InChI is InChI=1S/C55H107N2O6P/c1-6-8-10-12-14-16-18-20-22-24-25-26-27-28-29-30-31-33-35-37-39-41-43-45-47-49-55(59)56-53(52-63-64(60,61)62-51-50-57(3,4)5)54(58)48-46-44-42-40-38-36-34-32-23-21-19-17-15-13-11-9-7-2/h28-29,38,40,46,48,53-54,58H,6-27,30-37,39,41-45,47,49-52H2,1-5H3,(H-,56,59,60,61)/b29-28-,40-38+,48-46+. The molecule has 378 valence electrons. The highest BCUT2D eigenvalue weighted by atomic mass is 31.2. The SMILES string of the molecule is CCCCCCCCCCCCC/C=C/CC/C=C/C(O)C(COP(=O)([O-])OCC[N+](C)(C)C)NC(=O)CCCCCCCCCCC/C=C\CCCCCCCCCCCCCC. The number of amides is 1. The first-order chi connectivity index (χ1) is 31.0. The first-order valence-corrected chi connectivity index (χ1v) is 28.8. The number of hydrogen-bond acceptors (Lipinski definition) is 6. The number of rotatable bonds is 50. The van der Waals surface area contributed by atoms with Gasteiger partial charge in [-0.15, -0.1) is 0 Å². The molecule has 8 nitrogen and oxygen atoms in total. The molecule has 0 saturated carbocycles. The maximum Gasteiger partial charge on any atom is 0.268 e. The zero-order valence-electron chi connectivity index (χ0n) is 43.0. The fourth-order valence-corrected chi connectivity index (χ4v) is 8.71. The van der Waals surface area contributed by atoms with Gasteiger partial charge in [0.25, 0.3) is 7.82 Å². The number of hydrogen-bond donors (Lipinski definition) is 2. The van der Waals surface area contributed by atoms with Crippen LogP contribution in [-0.4, -0.2) is 68.5 Å². The maximum atomic E-state index is 12.9. The Balaban J connectivity index is 4.25. The van der Waals surface area contributed by atoms with Crippen LogP contribution in [-0.2, 0) is 18.4 Å². The Morgan fingerprint density at radius 3 is 1.27 bits per heavy atom. The van der Waals surface area contributed by atoms with Crippen LogP contribution in [0.4, 0.5) is 0 Å². The fraction of sp³-hybridized carbons (Fsp3) is 0.873. The topological polar surface area (TPSA) is 108 Å². The van der Waals surface area contributed by atoms with E-state index < -0.39 is 26.6 Å². The number of phosphoric ester groups is 1. The number of phosphoric acid groups is 1. The molecule has 0 aliphatic heterocycles. The van der Waals surface area contributed by atoms with Crippen molar-refractivity contribution in [2.45, 2.75) is 270 Å². The van der Waals surface area contributed by atoms with Gasteiger partial charge in [0.2, 0.25) is 5.91 Å². The van der Waals surface area contributed by atoms with Crippen LogP contribution in [0.15, 0.2) is 36.5 Å². The lowest BCUT2D eigenvalue weighted by atomic mass is 10.0. The van der Waals surface area contributed by atoms with Crippen molar-refractivity contribution in [3.05, 3.63) is 36.5 Å². The van der Waals surface area contributed by atoms with Crippen molar-refractivity contribution < 1.29 is 32.9 Å². The van der Waals surface area contributed by atoms with Crippen LogP contribution >= 0.6 is 7.82 Å². The molecule has 9 heteroatoms. The highest BCUT2D eigenvalue weighted by Gasteiger charge is 2.23. The molecule has 0 heterocycles. The van der Waals surface area contributed by atoms with E-state index >= 15 is 0 Å². The second-order valence-electron chi connectivity index (χ2n) is 19.9. The summed E-state index contributed by atoms with van der Waals surface area (Å²) < 4.78 is 23.3. The van der Waals surface area contributed by atoms with Gasteiger partial charge in [0.15, 0.2) is 0 Å². The van der Waals surface area contributed by atoms with E-state index in [0.29, 0.717) is 17.4 Å². The van der Waals surface area contributed by atoms with Gasteiger partial charge < -0.3 is 28.8 Å². The van der Waals surface area contributed by atoms with E-state index in [1.165, 1.54) is 199 Å².